The zero-order valence-electron chi connectivity index (χ0n) is 12.2. The van der Waals surface area contributed by atoms with Crippen molar-refractivity contribution in [1.29, 1.82) is 0 Å². The lowest BCUT2D eigenvalue weighted by Gasteiger charge is -2.31. The topological polar surface area (TPSA) is 49.8 Å². The molecule has 0 bridgehead atoms. The minimum absolute atomic E-state index is 0.0772. The maximum atomic E-state index is 11.9. The first-order valence-electron chi connectivity index (χ1n) is 6.77. The van der Waals surface area contributed by atoms with Crippen molar-refractivity contribution in [2.45, 2.75) is 45.6 Å². The van der Waals surface area contributed by atoms with Crippen LogP contribution in [-0.4, -0.2) is 41.4 Å². The molecular formula is C15H25NO3. The molecule has 0 aromatic heterocycles. The lowest BCUT2D eigenvalue weighted by atomic mass is 9.96. The molecule has 0 radical (unpaired) electrons. The van der Waals surface area contributed by atoms with Gasteiger partial charge in [-0.05, 0) is 45.6 Å². The Hall–Kier alpha value is -1.29. The normalized spacial score (nSPS) is 16.2. The van der Waals surface area contributed by atoms with E-state index >= 15 is 0 Å². The summed E-state index contributed by atoms with van der Waals surface area (Å²) in [7, 11) is 0. The van der Waals surface area contributed by atoms with Crippen molar-refractivity contribution in [3.8, 4) is 0 Å². The number of ether oxygens (including phenoxy) is 1. The predicted molar refractivity (Wildman–Crippen MR) is 76.0 cm³/mol. The van der Waals surface area contributed by atoms with E-state index < -0.39 is 5.60 Å². The molecule has 19 heavy (non-hydrogen) atoms. The SMILES string of the molecule is C=CCC(CO)=C1CCN(C(=O)OC(C)(C)C)CC1. The quantitative estimate of drug-likeness (QED) is 0.800. The van der Waals surface area contributed by atoms with Crippen LogP contribution in [0.5, 0.6) is 0 Å². The summed E-state index contributed by atoms with van der Waals surface area (Å²) < 4.78 is 5.35. The molecule has 108 valence electrons. The van der Waals surface area contributed by atoms with Gasteiger partial charge in [0.15, 0.2) is 0 Å². The summed E-state index contributed by atoms with van der Waals surface area (Å²) in [5.41, 5.74) is 1.84. The molecule has 0 spiro atoms. The number of piperidine rings is 1. The van der Waals surface area contributed by atoms with Crippen LogP contribution in [0.4, 0.5) is 4.79 Å². The molecule has 1 saturated heterocycles. The smallest absolute Gasteiger partial charge is 0.410 e. The number of nitrogens with zero attached hydrogens (tertiary/aromatic N) is 1. The van der Waals surface area contributed by atoms with E-state index in [9.17, 15) is 9.90 Å². The molecule has 0 saturated carbocycles. The first-order chi connectivity index (χ1) is 8.87. The second-order valence-electron chi connectivity index (χ2n) is 5.83. The third-order valence-corrected chi connectivity index (χ3v) is 3.10. The molecule has 0 atom stereocenters. The zero-order chi connectivity index (χ0) is 14.5. The second kappa shape index (κ2) is 6.75. The zero-order valence-corrected chi connectivity index (χ0v) is 12.2. The van der Waals surface area contributed by atoms with Gasteiger partial charge in [-0.1, -0.05) is 11.6 Å². The van der Waals surface area contributed by atoms with Gasteiger partial charge in [-0.25, -0.2) is 4.79 Å². The molecule has 1 heterocycles. The summed E-state index contributed by atoms with van der Waals surface area (Å²) in [4.78, 5) is 13.6. The van der Waals surface area contributed by atoms with E-state index in [0.717, 1.165) is 24.8 Å². The highest BCUT2D eigenvalue weighted by Crippen LogP contribution is 2.23. The Morgan fingerprint density at radius 1 is 1.42 bits per heavy atom. The lowest BCUT2D eigenvalue weighted by Crippen LogP contribution is -2.40. The van der Waals surface area contributed by atoms with Crippen LogP contribution < -0.4 is 0 Å². The Balaban J connectivity index is 2.57. The van der Waals surface area contributed by atoms with Crippen LogP contribution in [0.15, 0.2) is 23.8 Å². The molecular weight excluding hydrogens is 242 g/mol. The van der Waals surface area contributed by atoms with E-state index in [0.29, 0.717) is 13.1 Å². The number of hydrogen-bond donors (Lipinski definition) is 1. The standard InChI is InChI=1S/C15H25NO3/c1-5-6-13(11-17)12-7-9-16(10-8-12)14(18)19-15(2,3)4/h5,17H,1,6-11H2,2-4H3. The number of hydrogen-bond acceptors (Lipinski definition) is 3. The molecule has 0 aromatic rings. The molecule has 4 nitrogen and oxygen atoms in total. The maximum Gasteiger partial charge on any atom is 0.410 e. The molecule has 1 amide bonds. The second-order valence-corrected chi connectivity index (χ2v) is 5.83. The lowest BCUT2D eigenvalue weighted by molar-refractivity contribution is 0.0235. The molecule has 1 N–H and O–H groups in total. The van der Waals surface area contributed by atoms with Gasteiger partial charge in [-0.15, -0.1) is 6.58 Å². The molecule has 0 aliphatic carbocycles. The van der Waals surface area contributed by atoms with Crippen LogP contribution in [0.25, 0.3) is 0 Å². The highest BCUT2D eigenvalue weighted by Gasteiger charge is 2.25. The van der Waals surface area contributed by atoms with Crippen LogP contribution >= 0.6 is 0 Å². The molecule has 0 aromatic carbocycles. The fourth-order valence-corrected chi connectivity index (χ4v) is 2.13. The highest BCUT2D eigenvalue weighted by atomic mass is 16.6. The Morgan fingerprint density at radius 2 is 2.00 bits per heavy atom. The first-order valence-corrected chi connectivity index (χ1v) is 6.77. The molecule has 1 fully saturated rings. The number of aliphatic hydroxyl groups excluding tert-OH is 1. The third kappa shape index (κ3) is 5.07. The number of allylic oxidation sites excluding steroid dienone is 1. The van der Waals surface area contributed by atoms with Crippen molar-refractivity contribution in [1.82, 2.24) is 4.90 Å². The third-order valence-electron chi connectivity index (χ3n) is 3.10. The number of amides is 1. The average molecular weight is 267 g/mol. The van der Waals surface area contributed by atoms with Crippen molar-refractivity contribution < 1.29 is 14.6 Å². The van der Waals surface area contributed by atoms with Gasteiger partial charge in [0.05, 0.1) is 6.61 Å². The summed E-state index contributed by atoms with van der Waals surface area (Å²) in [6.07, 6.45) is 3.89. The number of rotatable bonds is 3. The van der Waals surface area contributed by atoms with Crippen molar-refractivity contribution in [3.05, 3.63) is 23.8 Å². The summed E-state index contributed by atoms with van der Waals surface area (Å²) >= 11 is 0. The van der Waals surface area contributed by atoms with Crippen molar-refractivity contribution >= 4 is 6.09 Å². The average Bonchev–Trinajstić information content (AvgIpc) is 2.34. The summed E-state index contributed by atoms with van der Waals surface area (Å²) in [6.45, 7) is 10.7. The minimum atomic E-state index is -0.452. The Kier molecular flexibility index (Phi) is 5.60. The summed E-state index contributed by atoms with van der Waals surface area (Å²) in [5, 5.41) is 9.33. The fraction of sp³-hybridized carbons (Fsp3) is 0.667. The molecule has 1 aliphatic heterocycles. The first kappa shape index (κ1) is 15.8. The van der Waals surface area contributed by atoms with E-state index in [1.165, 1.54) is 5.57 Å². The van der Waals surface area contributed by atoms with Gasteiger partial charge in [-0.2, -0.15) is 0 Å². The monoisotopic (exact) mass is 267 g/mol. The largest absolute Gasteiger partial charge is 0.444 e. The van der Waals surface area contributed by atoms with Gasteiger partial charge < -0.3 is 14.7 Å². The molecule has 1 rings (SSSR count). The van der Waals surface area contributed by atoms with E-state index in [-0.39, 0.29) is 12.7 Å². The van der Waals surface area contributed by atoms with Gasteiger partial charge >= 0.3 is 6.09 Å². The Labute approximate surface area is 115 Å². The summed E-state index contributed by atoms with van der Waals surface area (Å²) in [6, 6.07) is 0. The molecule has 0 unspecified atom stereocenters. The van der Waals surface area contributed by atoms with Gasteiger partial charge in [0, 0.05) is 13.1 Å². The Morgan fingerprint density at radius 3 is 2.42 bits per heavy atom. The van der Waals surface area contributed by atoms with E-state index in [4.69, 9.17) is 4.74 Å². The molecule has 4 heteroatoms. The van der Waals surface area contributed by atoms with Crippen LogP contribution in [0, 0.1) is 0 Å². The van der Waals surface area contributed by atoms with Crippen molar-refractivity contribution in [2.75, 3.05) is 19.7 Å². The van der Waals surface area contributed by atoms with Gasteiger partial charge in [0.1, 0.15) is 5.60 Å². The van der Waals surface area contributed by atoms with E-state index in [2.05, 4.69) is 6.58 Å². The number of likely N-dealkylation sites (tertiary alicyclic amines) is 1. The number of aliphatic hydroxyl groups is 1. The van der Waals surface area contributed by atoms with Gasteiger partial charge in [0.2, 0.25) is 0 Å². The van der Waals surface area contributed by atoms with Crippen molar-refractivity contribution in [2.24, 2.45) is 0 Å². The fourth-order valence-electron chi connectivity index (χ4n) is 2.13. The number of carbonyl (C=O) groups is 1. The van der Waals surface area contributed by atoms with E-state index in [1.807, 2.05) is 20.8 Å². The van der Waals surface area contributed by atoms with Gasteiger partial charge in [-0.3, -0.25) is 0 Å². The Bertz CT molecular complexity index is 356. The number of carbonyl (C=O) groups excluding carboxylic acids is 1. The van der Waals surface area contributed by atoms with Gasteiger partial charge in [0.25, 0.3) is 0 Å². The highest BCUT2D eigenvalue weighted by molar-refractivity contribution is 5.68. The van der Waals surface area contributed by atoms with Crippen LogP contribution in [0.2, 0.25) is 0 Å². The van der Waals surface area contributed by atoms with Crippen LogP contribution in [0.3, 0.4) is 0 Å². The van der Waals surface area contributed by atoms with Crippen LogP contribution in [-0.2, 0) is 4.74 Å². The molecule has 1 aliphatic rings. The van der Waals surface area contributed by atoms with E-state index in [1.54, 1.807) is 11.0 Å². The summed E-state index contributed by atoms with van der Waals surface area (Å²) in [5.74, 6) is 0. The minimum Gasteiger partial charge on any atom is -0.444 e. The maximum absolute atomic E-state index is 11.9. The van der Waals surface area contributed by atoms with Crippen LogP contribution in [0.1, 0.15) is 40.0 Å². The van der Waals surface area contributed by atoms with Crippen molar-refractivity contribution in [3.63, 3.8) is 0 Å². The predicted octanol–water partition coefficient (Wildman–Crippen LogP) is 2.88.